The smallest absolute Gasteiger partial charge is 0.222 e. The molecule has 0 N–H and O–H groups in total. The number of hydrogen-bond acceptors (Lipinski definition) is 2. The van der Waals surface area contributed by atoms with Crippen molar-refractivity contribution in [1.82, 2.24) is 4.98 Å². The van der Waals surface area contributed by atoms with Gasteiger partial charge in [-0.1, -0.05) is 71.5 Å². The maximum absolute atomic E-state index is 4.54. The number of nitrogens with zero attached hydrogens (tertiary/aromatic N) is 2. The second kappa shape index (κ2) is 8.30. The molecule has 2 nitrogen and oxygen atoms in total. The lowest BCUT2D eigenvalue weighted by Gasteiger charge is -2.28. The Kier molecular flexibility index (Phi) is 5.48. The maximum Gasteiger partial charge on any atom is 0.222 e. The molecule has 0 saturated carbocycles. The molecule has 6 rings (SSSR count). The maximum atomic E-state index is 4.54. The van der Waals surface area contributed by atoms with Gasteiger partial charge in [-0.2, -0.15) is 0 Å². The molecule has 3 heterocycles. The third-order valence-electron chi connectivity index (χ3n) is 7.56. The fraction of sp³-hybridized carbons (Fsp3) is 0.353. The summed E-state index contributed by atoms with van der Waals surface area (Å²) in [5, 5.41) is 8.03. The second-order valence-electron chi connectivity index (χ2n) is 13.3. The van der Waals surface area contributed by atoms with Crippen molar-refractivity contribution in [2.24, 2.45) is 17.9 Å². The molecule has 0 amide bonds. The fourth-order valence-corrected chi connectivity index (χ4v) is 7.61. The first kappa shape index (κ1) is 24.4. The minimum atomic E-state index is 0.175. The lowest BCUT2D eigenvalue weighted by Crippen LogP contribution is -2.32. The Labute approximate surface area is 225 Å². The Morgan fingerprint density at radius 3 is 2.30 bits per heavy atom. The molecule has 0 bridgehead atoms. The first-order chi connectivity index (χ1) is 17.4. The molecule has 3 aromatic carbocycles. The molecule has 37 heavy (non-hydrogen) atoms. The number of fused-ring (bicyclic) bond motifs is 5. The number of aromatic nitrogens is 2. The van der Waals surface area contributed by atoms with Crippen LogP contribution in [0.15, 0.2) is 64.8 Å². The van der Waals surface area contributed by atoms with Crippen molar-refractivity contribution in [3.8, 4) is 11.3 Å². The molecule has 0 unspecified atom stereocenters. The molecule has 0 saturated heterocycles. The average molecular weight is 506 g/mol. The summed E-state index contributed by atoms with van der Waals surface area (Å²) in [5.74, 6) is 0. The van der Waals surface area contributed by atoms with Gasteiger partial charge in [-0.3, -0.25) is 4.98 Å². The van der Waals surface area contributed by atoms with E-state index in [9.17, 15) is 0 Å². The number of hydrogen-bond donors (Lipinski definition) is 0. The van der Waals surface area contributed by atoms with Gasteiger partial charge in [0.2, 0.25) is 5.69 Å². The van der Waals surface area contributed by atoms with Gasteiger partial charge < -0.3 is 0 Å². The van der Waals surface area contributed by atoms with E-state index in [1.54, 1.807) is 0 Å². The highest BCUT2D eigenvalue weighted by atomic mass is 32.2. The van der Waals surface area contributed by atoms with Gasteiger partial charge in [0.15, 0.2) is 6.20 Å². The number of pyridine rings is 2. The van der Waals surface area contributed by atoms with Crippen LogP contribution in [0.1, 0.15) is 58.2 Å². The van der Waals surface area contributed by atoms with Gasteiger partial charge >= 0.3 is 0 Å². The van der Waals surface area contributed by atoms with E-state index in [1.807, 2.05) is 18.0 Å². The van der Waals surface area contributed by atoms with Crippen LogP contribution < -0.4 is 4.57 Å². The highest BCUT2D eigenvalue weighted by molar-refractivity contribution is 8.00. The fourth-order valence-electron chi connectivity index (χ4n) is 6.13. The number of aryl methyl sites for hydroxylation is 2. The van der Waals surface area contributed by atoms with Gasteiger partial charge in [-0.25, -0.2) is 4.57 Å². The van der Waals surface area contributed by atoms with Crippen molar-refractivity contribution < 1.29 is 4.57 Å². The first-order valence-electron chi connectivity index (χ1n) is 13.4. The zero-order valence-electron chi connectivity index (χ0n) is 23.4. The van der Waals surface area contributed by atoms with Crippen molar-refractivity contribution in [2.45, 2.75) is 71.1 Å². The third kappa shape index (κ3) is 4.12. The predicted molar refractivity (Wildman–Crippen MR) is 159 cm³/mol. The highest BCUT2D eigenvalue weighted by Crippen LogP contribution is 2.54. The van der Waals surface area contributed by atoms with Crippen molar-refractivity contribution in [3.05, 3.63) is 71.7 Å². The zero-order valence-corrected chi connectivity index (χ0v) is 24.2. The van der Waals surface area contributed by atoms with E-state index in [0.29, 0.717) is 0 Å². The van der Waals surface area contributed by atoms with Gasteiger partial charge in [0.1, 0.15) is 7.05 Å². The van der Waals surface area contributed by atoms with Gasteiger partial charge in [0.05, 0.1) is 10.9 Å². The van der Waals surface area contributed by atoms with Gasteiger partial charge in [-0.05, 0) is 81.0 Å². The van der Waals surface area contributed by atoms with Crippen LogP contribution in [0.4, 0.5) is 0 Å². The quantitative estimate of drug-likeness (QED) is 0.172. The standard InChI is InChI=1S/C34H37N2S/c1-20-27-19-35-13-11-25(27)26(18-34(5,6)7)32-28(20)30-29-22(12-14-36(30)8)16-23-15-21(17-33(2,3)4)9-10-24(23)31(29)37-32/h9-16,19H,17-18H2,1-8H3/q+1. The van der Waals surface area contributed by atoms with Gasteiger partial charge in [0, 0.05) is 33.6 Å². The van der Waals surface area contributed by atoms with Crippen molar-refractivity contribution in [1.29, 1.82) is 0 Å². The number of benzene rings is 3. The molecule has 1 aliphatic rings. The van der Waals surface area contributed by atoms with Crippen LogP contribution in [0.25, 0.3) is 43.6 Å². The Hall–Kier alpha value is -2.91. The minimum Gasteiger partial charge on any atom is -0.264 e. The molecular weight excluding hydrogens is 468 g/mol. The van der Waals surface area contributed by atoms with E-state index in [1.165, 1.54) is 70.1 Å². The normalized spacial score (nSPS) is 13.5. The Balaban J connectivity index is 1.72. The van der Waals surface area contributed by atoms with E-state index in [2.05, 4.69) is 114 Å². The Bertz CT molecular complexity index is 1730. The van der Waals surface area contributed by atoms with E-state index in [0.717, 1.165) is 12.8 Å². The first-order valence-corrected chi connectivity index (χ1v) is 14.2. The lowest BCUT2D eigenvalue weighted by molar-refractivity contribution is -0.659. The topological polar surface area (TPSA) is 16.8 Å². The SMILES string of the molecule is Cc1c2c(c(CC(C)(C)C)c3ccncc13)Sc1c3ccc(CC(C)(C)C)cc3cc3cc[n+](C)c-2c13. The highest BCUT2D eigenvalue weighted by Gasteiger charge is 2.33. The van der Waals surface area contributed by atoms with Gasteiger partial charge in [-0.15, -0.1) is 0 Å². The van der Waals surface area contributed by atoms with E-state index < -0.39 is 0 Å². The van der Waals surface area contributed by atoms with Crippen molar-refractivity contribution >= 4 is 44.1 Å². The van der Waals surface area contributed by atoms with Crippen LogP contribution in [0.2, 0.25) is 0 Å². The zero-order chi connectivity index (χ0) is 26.3. The van der Waals surface area contributed by atoms with Crippen molar-refractivity contribution in [2.75, 3.05) is 0 Å². The summed E-state index contributed by atoms with van der Waals surface area (Å²) in [6.45, 7) is 16.3. The van der Waals surface area contributed by atoms with Gasteiger partial charge in [0.25, 0.3) is 0 Å². The van der Waals surface area contributed by atoms with Crippen LogP contribution in [0.5, 0.6) is 0 Å². The third-order valence-corrected chi connectivity index (χ3v) is 8.85. The average Bonchev–Trinajstić information content (AvgIpc) is 2.81. The van der Waals surface area contributed by atoms with Crippen LogP contribution in [-0.2, 0) is 19.9 Å². The molecule has 2 aromatic heterocycles. The molecule has 5 aromatic rings. The molecule has 0 fully saturated rings. The van der Waals surface area contributed by atoms with E-state index >= 15 is 0 Å². The molecule has 0 spiro atoms. The lowest BCUT2D eigenvalue weighted by atomic mass is 9.83. The molecule has 3 heteroatoms. The summed E-state index contributed by atoms with van der Waals surface area (Å²) in [6.07, 6.45) is 8.36. The summed E-state index contributed by atoms with van der Waals surface area (Å²) >= 11 is 1.99. The van der Waals surface area contributed by atoms with Crippen LogP contribution in [-0.4, -0.2) is 4.98 Å². The second-order valence-corrected chi connectivity index (χ2v) is 14.3. The largest absolute Gasteiger partial charge is 0.264 e. The van der Waals surface area contributed by atoms with E-state index in [4.69, 9.17) is 0 Å². The predicted octanol–water partition coefficient (Wildman–Crippen LogP) is 8.98. The number of rotatable bonds is 2. The molecule has 0 aliphatic carbocycles. The van der Waals surface area contributed by atoms with Crippen molar-refractivity contribution in [3.63, 3.8) is 0 Å². The molecule has 188 valence electrons. The monoisotopic (exact) mass is 505 g/mol. The van der Waals surface area contributed by atoms with E-state index in [-0.39, 0.29) is 10.8 Å². The summed E-state index contributed by atoms with van der Waals surface area (Å²) in [7, 11) is 2.20. The van der Waals surface area contributed by atoms with Crippen LogP contribution >= 0.6 is 11.8 Å². The Morgan fingerprint density at radius 1 is 0.811 bits per heavy atom. The summed E-state index contributed by atoms with van der Waals surface area (Å²) < 4.78 is 2.33. The summed E-state index contributed by atoms with van der Waals surface area (Å²) in [4.78, 5) is 7.36. The molecule has 0 atom stereocenters. The summed E-state index contributed by atoms with van der Waals surface area (Å²) in [6, 6.07) is 14.1. The molecule has 1 aliphatic heterocycles. The summed E-state index contributed by atoms with van der Waals surface area (Å²) in [5.41, 5.74) is 7.36. The molecular formula is C34H37N2S+. The minimum absolute atomic E-state index is 0.175. The molecule has 0 radical (unpaired) electrons. The Morgan fingerprint density at radius 2 is 1.57 bits per heavy atom. The van der Waals surface area contributed by atoms with Crippen LogP contribution in [0.3, 0.4) is 0 Å². The van der Waals surface area contributed by atoms with Crippen LogP contribution in [0, 0.1) is 17.8 Å².